The summed E-state index contributed by atoms with van der Waals surface area (Å²) in [4.78, 5) is 36.4. The molecule has 1 aliphatic rings. The van der Waals surface area contributed by atoms with Gasteiger partial charge in [-0.3, -0.25) is 14.5 Å². The molecule has 1 fully saturated rings. The molecule has 3 rings (SSSR count). The molecule has 0 spiro atoms. The maximum atomic E-state index is 12.0. The van der Waals surface area contributed by atoms with E-state index in [1.54, 1.807) is 30.3 Å². The number of anilines is 1. The Morgan fingerprint density at radius 3 is 2.64 bits per heavy atom. The van der Waals surface area contributed by atoms with Crippen molar-refractivity contribution in [3.05, 3.63) is 71.8 Å². The highest BCUT2D eigenvalue weighted by atomic mass is 16.2. The predicted octanol–water partition coefficient (Wildman–Crippen LogP) is 2.39. The van der Waals surface area contributed by atoms with Crippen molar-refractivity contribution >= 4 is 29.6 Å². The number of urea groups is 1. The fourth-order valence-corrected chi connectivity index (χ4v) is 2.47. The summed E-state index contributed by atoms with van der Waals surface area (Å²) in [5.41, 5.74) is 2.30. The lowest BCUT2D eigenvalue weighted by molar-refractivity contribution is -0.125. The normalized spacial score (nSPS) is 14.0. The summed E-state index contributed by atoms with van der Waals surface area (Å²) >= 11 is 0. The third-order valence-electron chi connectivity index (χ3n) is 3.70. The molecule has 2 aromatic rings. The van der Waals surface area contributed by atoms with E-state index in [0.717, 1.165) is 16.0 Å². The molecule has 6 heteroatoms. The van der Waals surface area contributed by atoms with Crippen LogP contribution in [0.3, 0.4) is 0 Å². The molecule has 0 aliphatic carbocycles. The zero-order chi connectivity index (χ0) is 17.6. The highest BCUT2D eigenvalue weighted by molar-refractivity contribution is 6.02. The highest BCUT2D eigenvalue weighted by Gasteiger charge is 2.28. The van der Waals surface area contributed by atoms with Crippen LogP contribution in [0.4, 0.5) is 10.5 Å². The first kappa shape index (κ1) is 16.4. The Bertz CT molecular complexity index is 815. The second-order valence-corrected chi connectivity index (χ2v) is 5.57. The van der Waals surface area contributed by atoms with Crippen LogP contribution in [0.15, 0.2) is 60.7 Å². The van der Waals surface area contributed by atoms with Gasteiger partial charge < -0.3 is 10.6 Å². The first-order chi connectivity index (χ1) is 12.1. The minimum atomic E-state index is -0.398. The number of nitrogens with one attached hydrogen (secondary N) is 2. The molecule has 1 aliphatic heterocycles. The lowest BCUT2D eigenvalue weighted by atomic mass is 10.2. The summed E-state index contributed by atoms with van der Waals surface area (Å²) in [6.07, 6.45) is 3.19. The van der Waals surface area contributed by atoms with Gasteiger partial charge in [-0.25, -0.2) is 4.79 Å². The second-order valence-electron chi connectivity index (χ2n) is 5.57. The Labute approximate surface area is 145 Å². The van der Waals surface area contributed by atoms with Crippen LogP contribution >= 0.6 is 0 Å². The Morgan fingerprint density at radius 2 is 1.92 bits per heavy atom. The van der Waals surface area contributed by atoms with Gasteiger partial charge in [0.25, 0.3) is 0 Å². The Morgan fingerprint density at radius 1 is 1.12 bits per heavy atom. The van der Waals surface area contributed by atoms with E-state index in [-0.39, 0.29) is 24.9 Å². The number of imide groups is 1. The van der Waals surface area contributed by atoms with Gasteiger partial charge in [0.1, 0.15) is 0 Å². The molecule has 2 N–H and O–H groups in total. The van der Waals surface area contributed by atoms with Gasteiger partial charge in [-0.15, -0.1) is 0 Å². The van der Waals surface area contributed by atoms with Crippen LogP contribution in [-0.2, 0) is 16.1 Å². The highest BCUT2D eigenvalue weighted by Crippen LogP contribution is 2.14. The van der Waals surface area contributed by atoms with Crippen LogP contribution in [-0.4, -0.2) is 29.3 Å². The van der Waals surface area contributed by atoms with Gasteiger partial charge in [0.2, 0.25) is 11.8 Å². The molecule has 25 heavy (non-hydrogen) atoms. The fourth-order valence-electron chi connectivity index (χ4n) is 2.47. The molecule has 0 atom stereocenters. The number of benzene rings is 2. The van der Waals surface area contributed by atoms with Gasteiger partial charge in [-0.05, 0) is 29.3 Å². The van der Waals surface area contributed by atoms with Gasteiger partial charge in [0, 0.05) is 11.8 Å². The molecular weight excluding hydrogens is 318 g/mol. The molecule has 2 aromatic carbocycles. The number of carbonyl (C=O) groups is 3. The van der Waals surface area contributed by atoms with Crippen LogP contribution in [0.5, 0.6) is 0 Å². The molecule has 1 saturated heterocycles. The minimum Gasteiger partial charge on any atom is -0.329 e. The number of hydrogen-bond acceptors (Lipinski definition) is 3. The van der Waals surface area contributed by atoms with Gasteiger partial charge in [0.05, 0.1) is 13.1 Å². The second kappa shape index (κ2) is 7.44. The predicted molar refractivity (Wildman–Crippen MR) is 94.5 cm³/mol. The van der Waals surface area contributed by atoms with E-state index < -0.39 is 6.03 Å². The van der Waals surface area contributed by atoms with Crippen molar-refractivity contribution in [2.24, 2.45) is 0 Å². The van der Waals surface area contributed by atoms with Gasteiger partial charge in [-0.1, -0.05) is 42.5 Å². The minimum absolute atomic E-state index is 0.0273. The molecule has 0 saturated carbocycles. The number of nitrogens with zero attached hydrogens (tertiary/aromatic N) is 1. The van der Waals surface area contributed by atoms with Crippen molar-refractivity contribution in [3.8, 4) is 0 Å². The van der Waals surface area contributed by atoms with Gasteiger partial charge in [0.15, 0.2) is 0 Å². The van der Waals surface area contributed by atoms with Gasteiger partial charge >= 0.3 is 6.03 Å². The molecule has 4 amide bonds. The van der Waals surface area contributed by atoms with Crippen molar-refractivity contribution in [1.29, 1.82) is 0 Å². The summed E-state index contributed by atoms with van der Waals surface area (Å²) in [5, 5.41) is 5.25. The molecule has 6 nitrogen and oxygen atoms in total. The number of hydrogen-bond donors (Lipinski definition) is 2. The lowest BCUT2D eigenvalue weighted by Gasteiger charge is -2.13. The molecule has 0 bridgehead atoms. The summed E-state index contributed by atoms with van der Waals surface area (Å²) in [6.45, 7) is 0.202. The Kier molecular flexibility index (Phi) is 4.89. The summed E-state index contributed by atoms with van der Waals surface area (Å²) in [5.74, 6) is -0.513. The van der Waals surface area contributed by atoms with E-state index >= 15 is 0 Å². The van der Waals surface area contributed by atoms with Gasteiger partial charge in [-0.2, -0.15) is 0 Å². The lowest BCUT2D eigenvalue weighted by Crippen LogP contribution is -2.30. The SMILES string of the molecule is O=C(C=Cc1ccccc1)Nc1cccc(CN2C(=O)CNC2=O)c1. The van der Waals surface area contributed by atoms with Crippen LogP contribution in [0.2, 0.25) is 0 Å². The zero-order valence-electron chi connectivity index (χ0n) is 13.4. The smallest absolute Gasteiger partial charge is 0.324 e. The monoisotopic (exact) mass is 335 g/mol. The Hall–Kier alpha value is -3.41. The average molecular weight is 335 g/mol. The van der Waals surface area contributed by atoms with Crippen LogP contribution in [0.1, 0.15) is 11.1 Å². The van der Waals surface area contributed by atoms with Crippen LogP contribution in [0.25, 0.3) is 6.08 Å². The number of amides is 4. The molecule has 1 heterocycles. The van der Waals surface area contributed by atoms with E-state index in [9.17, 15) is 14.4 Å². The summed E-state index contributed by atoms with van der Waals surface area (Å²) in [7, 11) is 0. The summed E-state index contributed by atoms with van der Waals surface area (Å²) in [6, 6.07) is 16.2. The van der Waals surface area contributed by atoms with E-state index in [0.29, 0.717) is 5.69 Å². The number of carbonyl (C=O) groups excluding carboxylic acids is 3. The third kappa shape index (κ3) is 4.32. The molecule has 0 radical (unpaired) electrons. The van der Waals surface area contributed by atoms with Crippen molar-refractivity contribution in [3.63, 3.8) is 0 Å². The quantitative estimate of drug-likeness (QED) is 0.650. The molecule has 126 valence electrons. The Balaban J connectivity index is 1.63. The van der Waals surface area contributed by atoms with E-state index in [1.807, 2.05) is 30.3 Å². The molecule has 0 aromatic heterocycles. The standard InChI is InChI=1S/C19H17N3O3/c23-17(10-9-14-5-2-1-3-6-14)21-16-8-4-7-15(11-16)13-22-18(24)12-20-19(22)25/h1-11H,12-13H2,(H,20,25)(H,21,23). The van der Waals surface area contributed by atoms with E-state index in [2.05, 4.69) is 10.6 Å². The largest absolute Gasteiger partial charge is 0.329 e. The maximum absolute atomic E-state index is 12.0. The van der Waals surface area contributed by atoms with Crippen LogP contribution < -0.4 is 10.6 Å². The van der Waals surface area contributed by atoms with Crippen LogP contribution in [0, 0.1) is 0 Å². The van der Waals surface area contributed by atoms with Crippen molar-refractivity contribution in [2.45, 2.75) is 6.54 Å². The van der Waals surface area contributed by atoms with E-state index in [1.165, 1.54) is 6.08 Å². The van der Waals surface area contributed by atoms with Crippen molar-refractivity contribution in [2.75, 3.05) is 11.9 Å². The zero-order valence-corrected chi connectivity index (χ0v) is 13.4. The topological polar surface area (TPSA) is 78.5 Å². The number of rotatable bonds is 5. The first-order valence-corrected chi connectivity index (χ1v) is 7.83. The van der Waals surface area contributed by atoms with Crippen molar-refractivity contribution in [1.82, 2.24) is 10.2 Å². The van der Waals surface area contributed by atoms with E-state index in [4.69, 9.17) is 0 Å². The average Bonchev–Trinajstić information content (AvgIpc) is 2.93. The first-order valence-electron chi connectivity index (χ1n) is 7.83. The fraction of sp³-hybridized carbons (Fsp3) is 0.105. The maximum Gasteiger partial charge on any atom is 0.324 e. The third-order valence-corrected chi connectivity index (χ3v) is 3.70. The summed E-state index contributed by atoms with van der Waals surface area (Å²) < 4.78 is 0. The van der Waals surface area contributed by atoms with Crippen molar-refractivity contribution < 1.29 is 14.4 Å². The molecular formula is C19H17N3O3. The molecule has 0 unspecified atom stereocenters.